The van der Waals surface area contributed by atoms with E-state index in [9.17, 15) is 4.79 Å². The molecule has 0 amide bonds. The van der Waals surface area contributed by atoms with E-state index in [0.717, 1.165) is 19.3 Å². The van der Waals surface area contributed by atoms with E-state index in [2.05, 4.69) is 9.24 Å². The average Bonchev–Trinajstić information content (AvgIpc) is 2.60. The van der Waals surface area contributed by atoms with Crippen molar-refractivity contribution in [2.45, 2.75) is 44.8 Å². The van der Waals surface area contributed by atoms with E-state index in [4.69, 9.17) is 10.5 Å². The summed E-state index contributed by atoms with van der Waals surface area (Å²) in [5.74, 6) is 0.188. The van der Waals surface area contributed by atoms with Gasteiger partial charge in [-0.05, 0) is 18.5 Å². The minimum atomic E-state index is -0.293. The second kappa shape index (κ2) is 8.41. The van der Waals surface area contributed by atoms with Crippen molar-refractivity contribution in [3.05, 3.63) is 5.73 Å². The number of carbonyl (C=O) groups excluding carboxylic acids is 1. The second-order valence-corrected chi connectivity index (χ2v) is 5.54. The molecule has 0 aromatic rings. The first-order valence-corrected chi connectivity index (χ1v) is 6.32. The molecule has 3 nitrogen and oxygen atoms in total. The molecule has 16 heavy (non-hydrogen) atoms. The van der Waals surface area contributed by atoms with E-state index in [1.54, 1.807) is 0 Å². The van der Waals surface area contributed by atoms with Crippen LogP contribution < -0.4 is 0 Å². The van der Waals surface area contributed by atoms with Gasteiger partial charge in [0.15, 0.2) is 0 Å². The zero-order chi connectivity index (χ0) is 11.4. The normalized spacial score (nSPS) is 26.3. The van der Waals surface area contributed by atoms with E-state index in [-0.39, 0.29) is 74.5 Å². The molecule has 1 fully saturated rings. The Morgan fingerprint density at radius 1 is 1.50 bits per heavy atom. The first-order chi connectivity index (χ1) is 7.02. The minimum absolute atomic E-state index is 0. The minimum Gasteiger partial charge on any atom is -0.672 e. The SMILES string of the molecule is CC(C)[C@H]([NH-])COC(=O)[C@@H]1CCCC1P.[Ac]. The topological polar surface area (TPSA) is 50.1 Å². The van der Waals surface area contributed by atoms with Gasteiger partial charge in [0.05, 0.1) is 12.5 Å². The van der Waals surface area contributed by atoms with Gasteiger partial charge in [0, 0.05) is 44.1 Å². The quantitative estimate of drug-likeness (QED) is 0.482. The van der Waals surface area contributed by atoms with Crippen LogP contribution in [0.4, 0.5) is 0 Å². The summed E-state index contributed by atoms with van der Waals surface area (Å²) in [6, 6.07) is -0.293. The van der Waals surface area contributed by atoms with Gasteiger partial charge < -0.3 is 10.5 Å². The standard InChI is InChI=1S/C11H21NO2P.Ac/c1-7(2)9(12)6-14-11(13)8-4-3-5-10(8)15;/h7-10,12H,3-6,15H2,1-2H3;/q-1;/t8-,9-,10?;/m1./s1. The zero-order valence-electron chi connectivity index (χ0n) is 10.1. The van der Waals surface area contributed by atoms with E-state index in [1.807, 2.05) is 13.8 Å². The van der Waals surface area contributed by atoms with Gasteiger partial charge in [0.2, 0.25) is 0 Å². The van der Waals surface area contributed by atoms with E-state index >= 15 is 0 Å². The molecule has 0 heterocycles. The third kappa shape index (κ3) is 5.30. The molecule has 0 saturated heterocycles. The molecule has 1 aliphatic rings. The van der Waals surface area contributed by atoms with Gasteiger partial charge in [0.1, 0.15) is 0 Å². The molecule has 1 N–H and O–H groups in total. The maximum absolute atomic E-state index is 11.7. The summed E-state index contributed by atoms with van der Waals surface area (Å²) in [6.07, 6.45) is 3.15. The Balaban J connectivity index is 0.00000225. The molecule has 1 aliphatic carbocycles. The van der Waals surface area contributed by atoms with Crippen molar-refractivity contribution < 1.29 is 53.6 Å². The summed E-state index contributed by atoms with van der Waals surface area (Å²) in [5.41, 5.74) is 8.03. The molecule has 0 spiro atoms. The Morgan fingerprint density at radius 2 is 2.12 bits per heavy atom. The monoisotopic (exact) mass is 457 g/mol. The summed E-state index contributed by atoms with van der Waals surface area (Å²) in [5, 5.41) is 0. The van der Waals surface area contributed by atoms with Crippen LogP contribution in [-0.2, 0) is 9.53 Å². The van der Waals surface area contributed by atoms with Crippen molar-refractivity contribution in [3.63, 3.8) is 0 Å². The molecule has 2 unspecified atom stereocenters. The smallest absolute Gasteiger partial charge is 0.309 e. The molecule has 0 bridgehead atoms. The van der Waals surface area contributed by atoms with Crippen LogP contribution in [0.1, 0.15) is 33.1 Å². The third-order valence-corrected chi connectivity index (χ3v) is 3.88. The zero-order valence-corrected chi connectivity index (χ0v) is 16.0. The number of rotatable bonds is 4. The van der Waals surface area contributed by atoms with Gasteiger partial charge in [-0.15, -0.1) is 15.3 Å². The van der Waals surface area contributed by atoms with Crippen LogP contribution in [-0.4, -0.2) is 24.3 Å². The molecular weight excluding hydrogens is 436 g/mol. The maximum atomic E-state index is 11.7. The number of hydrogen-bond donors (Lipinski definition) is 0. The summed E-state index contributed by atoms with van der Waals surface area (Å²) in [4.78, 5) is 11.7. The van der Waals surface area contributed by atoms with Crippen LogP contribution in [0.15, 0.2) is 0 Å². The van der Waals surface area contributed by atoms with Crippen molar-refractivity contribution in [1.82, 2.24) is 0 Å². The first-order valence-electron chi connectivity index (χ1n) is 5.65. The molecule has 1 radical (unpaired) electrons. The van der Waals surface area contributed by atoms with Crippen LogP contribution in [0.25, 0.3) is 5.73 Å². The summed E-state index contributed by atoms with van der Waals surface area (Å²) in [6.45, 7) is 4.18. The van der Waals surface area contributed by atoms with E-state index < -0.39 is 0 Å². The Hall–Kier alpha value is 1.30. The molecule has 1 saturated carbocycles. The molecule has 0 aromatic carbocycles. The third-order valence-electron chi connectivity index (χ3n) is 3.08. The van der Waals surface area contributed by atoms with Crippen LogP contribution in [0.3, 0.4) is 0 Å². The van der Waals surface area contributed by atoms with Crippen LogP contribution in [0.2, 0.25) is 0 Å². The fourth-order valence-electron chi connectivity index (χ4n) is 1.75. The van der Waals surface area contributed by atoms with Crippen LogP contribution in [0.5, 0.6) is 0 Å². The summed E-state index contributed by atoms with van der Waals surface area (Å²) < 4.78 is 5.18. The average molecular weight is 457 g/mol. The predicted molar refractivity (Wildman–Crippen MR) is 64.7 cm³/mol. The Bertz CT molecular complexity index is 226. The van der Waals surface area contributed by atoms with Crippen LogP contribution >= 0.6 is 9.24 Å². The van der Waals surface area contributed by atoms with Crippen molar-refractivity contribution in [1.29, 1.82) is 0 Å². The number of ether oxygens (including phenoxy) is 1. The number of esters is 1. The van der Waals surface area contributed by atoms with Gasteiger partial charge in [-0.2, -0.15) is 0 Å². The molecule has 0 aromatic heterocycles. The Labute approximate surface area is 136 Å². The van der Waals surface area contributed by atoms with E-state index in [0.29, 0.717) is 5.66 Å². The van der Waals surface area contributed by atoms with Crippen LogP contribution in [0, 0.1) is 55.9 Å². The van der Waals surface area contributed by atoms with Gasteiger partial charge in [0.25, 0.3) is 0 Å². The maximum Gasteiger partial charge on any atom is 0.309 e. The van der Waals surface area contributed by atoms with Crippen molar-refractivity contribution in [2.75, 3.05) is 6.61 Å². The predicted octanol–water partition coefficient (Wildman–Crippen LogP) is 2.65. The fourth-order valence-corrected chi connectivity index (χ4v) is 2.34. The second-order valence-electron chi connectivity index (χ2n) is 4.68. The van der Waals surface area contributed by atoms with Gasteiger partial charge in [-0.25, -0.2) is 0 Å². The Morgan fingerprint density at radius 3 is 2.56 bits per heavy atom. The van der Waals surface area contributed by atoms with Crippen molar-refractivity contribution in [3.8, 4) is 0 Å². The summed E-state index contributed by atoms with van der Waals surface area (Å²) >= 11 is 0. The fraction of sp³-hybridized carbons (Fsp3) is 0.909. The Kier molecular flexibility index (Phi) is 9.10. The molecule has 1 rings (SSSR count). The molecule has 91 valence electrons. The largest absolute Gasteiger partial charge is 0.672 e. The number of carbonyl (C=O) groups is 1. The van der Waals surface area contributed by atoms with Gasteiger partial charge in [-0.1, -0.05) is 26.2 Å². The molecular formula is C11H21AcNO2P-. The molecule has 0 aliphatic heterocycles. The first kappa shape index (κ1) is 17.3. The van der Waals surface area contributed by atoms with E-state index in [1.165, 1.54) is 0 Å². The number of hydrogen-bond acceptors (Lipinski definition) is 2. The van der Waals surface area contributed by atoms with Crippen molar-refractivity contribution in [2.24, 2.45) is 11.8 Å². The molecule has 5 heteroatoms. The summed E-state index contributed by atoms with van der Waals surface area (Å²) in [7, 11) is 2.73. The van der Waals surface area contributed by atoms with Gasteiger partial charge in [-0.3, -0.25) is 4.79 Å². The van der Waals surface area contributed by atoms with Gasteiger partial charge >= 0.3 is 5.97 Å². The number of nitrogens with one attached hydrogen (secondary N) is 1. The molecule has 4 atom stereocenters. The van der Waals surface area contributed by atoms with Crippen molar-refractivity contribution >= 4 is 15.2 Å².